The summed E-state index contributed by atoms with van der Waals surface area (Å²) in [7, 11) is 1.81. The number of benzene rings is 1. The quantitative estimate of drug-likeness (QED) is 0.878. The first kappa shape index (κ1) is 13.5. The van der Waals surface area contributed by atoms with Gasteiger partial charge in [0.2, 0.25) is 0 Å². The number of rotatable bonds is 5. The molecule has 0 aliphatic rings. The number of aromatic nitrogens is 3. The summed E-state index contributed by atoms with van der Waals surface area (Å²) in [6, 6.07) is 5.11. The van der Waals surface area contributed by atoms with Gasteiger partial charge in [-0.2, -0.15) is 5.10 Å². The summed E-state index contributed by atoms with van der Waals surface area (Å²) in [6.45, 7) is 0.575. The highest BCUT2D eigenvalue weighted by Crippen LogP contribution is 2.21. The molecule has 2 aromatic rings. The fourth-order valence-corrected chi connectivity index (χ4v) is 2.02. The van der Waals surface area contributed by atoms with Crippen molar-refractivity contribution >= 4 is 27.6 Å². The number of halogens is 1. The summed E-state index contributed by atoms with van der Waals surface area (Å²) in [6.07, 6.45) is 2.27. The lowest BCUT2D eigenvalue weighted by atomic mass is 10.2. The molecule has 0 fully saturated rings. The number of aromatic carboxylic acids is 1. The van der Waals surface area contributed by atoms with Crippen molar-refractivity contribution in [3.8, 4) is 0 Å². The van der Waals surface area contributed by atoms with Gasteiger partial charge in [0.1, 0.15) is 6.33 Å². The molecule has 19 heavy (non-hydrogen) atoms. The van der Waals surface area contributed by atoms with Crippen molar-refractivity contribution in [3.05, 3.63) is 40.4 Å². The number of anilines is 1. The van der Waals surface area contributed by atoms with E-state index < -0.39 is 5.97 Å². The largest absolute Gasteiger partial charge is 0.478 e. The zero-order valence-corrected chi connectivity index (χ0v) is 11.9. The Morgan fingerprint density at radius 2 is 2.32 bits per heavy atom. The number of carboxylic acid groups (broad SMARTS) is 1. The minimum Gasteiger partial charge on any atom is -0.478 e. The molecule has 2 rings (SSSR count). The summed E-state index contributed by atoms with van der Waals surface area (Å²) in [5, 5.41) is 16.4. The molecule has 0 spiro atoms. The predicted molar refractivity (Wildman–Crippen MR) is 74.3 cm³/mol. The summed E-state index contributed by atoms with van der Waals surface area (Å²) < 4.78 is 2.37. The molecule has 1 aromatic heterocycles. The average Bonchev–Trinajstić information content (AvgIpc) is 2.77. The number of hydrogen-bond donors (Lipinski definition) is 2. The summed E-state index contributed by atoms with van der Waals surface area (Å²) in [4.78, 5) is 15.2. The van der Waals surface area contributed by atoms with E-state index in [-0.39, 0.29) is 5.56 Å². The topological polar surface area (TPSA) is 80.0 Å². The van der Waals surface area contributed by atoms with Crippen molar-refractivity contribution in [2.24, 2.45) is 7.05 Å². The Balaban J connectivity index is 2.01. The number of aryl methyl sites for hydroxylation is 1. The summed E-state index contributed by atoms with van der Waals surface area (Å²) in [5.74, 6) is -0.233. The van der Waals surface area contributed by atoms with Gasteiger partial charge in [0.05, 0.1) is 5.56 Å². The first-order valence-corrected chi connectivity index (χ1v) is 6.47. The zero-order chi connectivity index (χ0) is 13.8. The third-order valence-electron chi connectivity index (χ3n) is 2.52. The summed E-state index contributed by atoms with van der Waals surface area (Å²) >= 11 is 3.26. The van der Waals surface area contributed by atoms with Crippen molar-refractivity contribution in [1.29, 1.82) is 0 Å². The second-order valence-corrected chi connectivity index (χ2v) is 4.92. The molecule has 0 bridgehead atoms. The third-order valence-corrected chi connectivity index (χ3v) is 3.02. The molecule has 100 valence electrons. The van der Waals surface area contributed by atoms with Gasteiger partial charge in [-0.25, -0.2) is 9.78 Å². The van der Waals surface area contributed by atoms with E-state index in [1.54, 1.807) is 36.3 Å². The molecule has 1 heterocycles. The van der Waals surface area contributed by atoms with Gasteiger partial charge >= 0.3 is 5.97 Å². The highest BCUT2D eigenvalue weighted by molar-refractivity contribution is 9.10. The van der Waals surface area contributed by atoms with Crippen molar-refractivity contribution in [1.82, 2.24) is 14.8 Å². The number of carboxylic acids is 1. The van der Waals surface area contributed by atoms with E-state index in [4.69, 9.17) is 5.11 Å². The lowest BCUT2D eigenvalue weighted by Crippen LogP contribution is -2.10. The van der Waals surface area contributed by atoms with E-state index in [0.29, 0.717) is 18.7 Å². The van der Waals surface area contributed by atoms with Crippen LogP contribution in [0, 0.1) is 0 Å². The number of nitrogens with one attached hydrogen (secondary N) is 1. The monoisotopic (exact) mass is 324 g/mol. The lowest BCUT2D eigenvalue weighted by Gasteiger charge is -2.09. The molecule has 7 heteroatoms. The van der Waals surface area contributed by atoms with Gasteiger partial charge in [0.25, 0.3) is 0 Å². The van der Waals surface area contributed by atoms with E-state index in [1.165, 1.54) is 0 Å². The minimum absolute atomic E-state index is 0.239. The van der Waals surface area contributed by atoms with E-state index in [1.807, 2.05) is 0 Å². The van der Waals surface area contributed by atoms with Crippen LogP contribution in [0.2, 0.25) is 0 Å². The Labute approximate surface area is 118 Å². The molecular formula is C12H13BrN4O2. The zero-order valence-electron chi connectivity index (χ0n) is 10.3. The Hall–Kier alpha value is -1.89. The molecule has 6 nitrogen and oxygen atoms in total. The van der Waals surface area contributed by atoms with Gasteiger partial charge in [-0.3, -0.25) is 4.68 Å². The van der Waals surface area contributed by atoms with Gasteiger partial charge in [-0.1, -0.05) is 15.9 Å². The molecule has 0 radical (unpaired) electrons. The van der Waals surface area contributed by atoms with Gasteiger partial charge in [0.15, 0.2) is 5.82 Å². The maximum Gasteiger partial charge on any atom is 0.337 e. The van der Waals surface area contributed by atoms with E-state index in [9.17, 15) is 4.79 Å². The van der Waals surface area contributed by atoms with Crippen molar-refractivity contribution in [3.63, 3.8) is 0 Å². The highest BCUT2D eigenvalue weighted by atomic mass is 79.9. The second-order valence-electron chi connectivity index (χ2n) is 4.01. The molecule has 1 aromatic carbocycles. The molecule has 2 N–H and O–H groups in total. The normalized spacial score (nSPS) is 10.4. The number of carbonyl (C=O) groups is 1. The van der Waals surface area contributed by atoms with Crippen LogP contribution in [0.5, 0.6) is 0 Å². The Morgan fingerprint density at radius 3 is 2.95 bits per heavy atom. The van der Waals surface area contributed by atoms with E-state index in [0.717, 1.165) is 10.3 Å². The first-order valence-electron chi connectivity index (χ1n) is 5.67. The SMILES string of the molecule is Cn1cnc(CCNc2ccc(Br)cc2C(=O)O)n1. The lowest BCUT2D eigenvalue weighted by molar-refractivity contribution is 0.0698. The maximum atomic E-state index is 11.1. The van der Waals surface area contributed by atoms with Crippen LogP contribution in [0.1, 0.15) is 16.2 Å². The van der Waals surface area contributed by atoms with Crippen LogP contribution in [0.25, 0.3) is 0 Å². The van der Waals surface area contributed by atoms with Crippen molar-refractivity contribution < 1.29 is 9.90 Å². The van der Waals surface area contributed by atoms with E-state index in [2.05, 4.69) is 31.3 Å². The molecule has 0 aliphatic carbocycles. The molecular weight excluding hydrogens is 312 g/mol. The molecule has 0 unspecified atom stereocenters. The van der Waals surface area contributed by atoms with Crippen molar-refractivity contribution in [2.45, 2.75) is 6.42 Å². The molecule has 0 saturated carbocycles. The molecule has 0 amide bonds. The fourth-order valence-electron chi connectivity index (χ4n) is 1.66. The molecule has 0 aliphatic heterocycles. The Morgan fingerprint density at radius 1 is 1.53 bits per heavy atom. The van der Waals surface area contributed by atoms with Crippen LogP contribution in [-0.4, -0.2) is 32.4 Å². The number of hydrogen-bond acceptors (Lipinski definition) is 4. The van der Waals surface area contributed by atoms with Crippen LogP contribution in [0.3, 0.4) is 0 Å². The smallest absolute Gasteiger partial charge is 0.337 e. The summed E-state index contributed by atoms with van der Waals surface area (Å²) in [5.41, 5.74) is 0.829. The standard InChI is InChI=1S/C12H13BrN4O2/c1-17-7-15-11(16-17)4-5-14-10-3-2-8(13)6-9(10)12(18)19/h2-3,6-7,14H,4-5H2,1H3,(H,18,19). The van der Waals surface area contributed by atoms with Gasteiger partial charge in [-0.15, -0.1) is 0 Å². The van der Waals surface area contributed by atoms with Crippen molar-refractivity contribution in [2.75, 3.05) is 11.9 Å². The van der Waals surface area contributed by atoms with Crippen LogP contribution in [-0.2, 0) is 13.5 Å². The predicted octanol–water partition coefficient (Wildman–Crippen LogP) is 1.93. The maximum absolute atomic E-state index is 11.1. The van der Waals surface area contributed by atoms with E-state index >= 15 is 0 Å². The Kier molecular flexibility index (Phi) is 4.16. The molecule has 0 saturated heterocycles. The van der Waals surface area contributed by atoms with Crippen LogP contribution in [0.4, 0.5) is 5.69 Å². The minimum atomic E-state index is -0.959. The molecule has 0 atom stereocenters. The van der Waals surface area contributed by atoms with Crippen LogP contribution < -0.4 is 5.32 Å². The highest BCUT2D eigenvalue weighted by Gasteiger charge is 2.10. The fraction of sp³-hybridized carbons (Fsp3) is 0.250. The number of nitrogens with zero attached hydrogens (tertiary/aromatic N) is 3. The Bertz CT molecular complexity index is 597. The van der Waals surface area contributed by atoms with Gasteiger partial charge in [-0.05, 0) is 18.2 Å². The van der Waals surface area contributed by atoms with Gasteiger partial charge < -0.3 is 10.4 Å². The van der Waals surface area contributed by atoms with Gasteiger partial charge in [0, 0.05) is 30.2 Å². The third kappa shape index (κ3) is 3.54. The van der Waals surface area contributed by atoms with Crippen LogP contribution >= 0.6 is 15.9 Å². The van der Waals surface area contributed by atoms with Crippen LogP contribution in [0.15, 0.2) is 29.0 Å². The average molecular weight is 325 g/mol. The first-order chi connectivity index (χ1) is 9.06. The second kappa shape index (κ2) is 5.83.